The van der Waals surface area contributed by atoms with Crippen molar-refractivity contribution in [3.05, 3.63) is 0 Å². The smallest absolute Gasteiger partial charge is 0.315 e. The predicted molar refractivity (Wildman–Crippen MR) is 85.3 cm³/mol. The number of amides is 2. The molecular formula is C13H28N4O4S. The Kier molecular flexibility index (Phi) is 8.08. The van der Waals surface area contributed by atoms with Crippen LogP contribution in [-0.2, 0) is 14.8 Å². The van der Waals surface area contributed by atoms with E-state index in [1.807, 2.05) is 13.8 Å². The van der Waals surface area contributed by atoms with Crippen molar-refractivity contribution >= 4 is 16.1 Å². The van der Waals surface area contributed by atoms with Crippen LogP contribution in [0.5, 0.6) is 0 Å². The van der Waals surface area contributed by atoms with Crippen molar-refractivity contribution in [1.82, 2.24) is 19.8 Å². The van der Waals surface area contributed by atoms with Gasteiger partial charge in [0.2, 0.25) is 10.0 Å². The summed E-state index contributed by atoms with van der Waals surface area (Å²) in [5.41, 5.74) is 0. The Morgan fingerprint density at radius 2 is 1.91 bits per heavy atom. The van der Waals surface area contributed by atoms with Crippen LogP contribution in [0.4, 0.5) is 4.79 Å². The summed E-state index contributed by atoms with van der Waals surface area (Å²) in [6.45, 7) is 8.42. The van der Waals surface area contributed by atoms with Gasteiger partial charge in [0.25, 0.3) is 0 Å². The normalized spacial score (nSPS) is 17.0. The van der Waals surface area contributed by atoms with E-state index in [9.17, 15) is 13.2 Å². The molecule has 22 heavy (non-hydrogen) atoms. The summed E-state index contributed by atoms with van der Waals surface area (Å²) in [6, 6.07) is -0.232. The van der Waals surface area contributed by atoms with Gasteiger partial charge >= 0.3 is 6.03 Å². The Balaban J connectivity index is 2.36. The minimum absolute atomic E-state index is 0.0485. The highest BCUT2D eigenvalue weighted by molar-refractivity contribution is 7.88. The molecule has 2 amide bonds. The highest BCUT2D eigenvalue weighted by Gasteiger charge is 2.19. The number of nitrogens with zero attached hydrogens (tertiary/aromatic N) is 2. The fourth-order valence-electron chi connectivity index (χ4n) is 2.13. The Bertz CT molecular complexity index is 435. The molecule has 8 nitrogen and oxygen atoms in total. The van der Waals surface area contributed by atoms with Gasteiger partial charge in [-0.2, -0.15) is 4.31 Å². The molecule has 0 spiro atoms. The number of rotatable bonds is 8. The van der Waals surface area contributed by atoms with Crippen molar-refractivity contribution in [2.24, 2.45) is 0 Å². The fourth-order valence-corrected chi connectivity index (χ4v) is 2.96. The molecule has 9 heteroatoms. The number of ether oxygens (including phenoxy) is 1. The van der Waals surface area contributed by atoms with Crippen LogP contribution in [0.1, 0.15) is 13.8 Å². The third-order valence-corrected chi connectivity index (χ3v) is 4.61. The van der Waals surface area contributed by atoms with Gasteiger partial charge in [0.05, 0.1) is 19.5 Å². The largest absolute Gasteiger partial charge is 0.379 e. The van der Waals surface area contributed by atoms with Crippen LogP contribution in [0, 0.1) is 0 Å². The van der Waals surface area contributed by atoms with E-state index in [1.165, 1.54) is 10.6 Å². The van der Waals surface area contributed by atoms with Crippen LogP contribution in [0.3, 0.4) is 0 Å². The second-order valence-electron chi connectivity index (χ2n) is 5.67. The Morgan fingerprint density at radius 1 is 1.27 bits per heavy atom. The number of morpholine rings is 1. The third kappa shape index (κ3) is 7.92. The van der Waals surface area contributed by atoms with Gasteiger partial charge in [0, 0.05) is 45.3 Å². The molecule has 0 aromatic carbocycles. The van der Waals surface area contributed by atoms with Crippen molar-refractivity contribution < 1.29 is 17.9 Å². The minimum atomic E-state index is -3.28. The first-order chi connectivity index (χ1) is 10.3. The molecule has 0 aromatic rings. The van der Waals surface area contributed by atoms with Crippen LogP contribution in [0.15, 0.2) is 0 Å². The Hall–Kier alpha value is -0.900. The van der Waals surface area contributed by atoms with Crippen molar-refractivity contribution in [3.8, 4) is 0 Å². The van der Waals surface area contributed by atoms with E-state index in [1.54, 1.807) is 0 Å². The molecule has 0 aromatic heterocycles. The first kappa shape index (κ1) is 19.1. The molecule has 1 aliphatic rings. The second kappa shape index (κ2) is 9.29. The number of hydrogen-bond acceptors (Lipinski definition) is 5. The van der Waals surface area contributed by atoms with E-state index in [4.69, 9.17) is 4.74 Å². The molecule has 1 heterocycles. The number of sulfonamides is 1. The van der Waals surface area contributed by atoms with Gasteiger partial charge in [-0.05, 0) is 13.8 Å². The van der Waals surface area contributed by atoms with Crippen LogP contribution in [-0.4, -0.2) is 88.4 Å². The molecule has 1 rings (SSSR count). The molecule has 0 radical (unpaired) electrons. The summed E-state index contributed by atoms with van der Waals surface area (Å²) in [7, 11) is -3.28. The average molecular weight is 336 g/mol. The van der Waals surface area contributed by atoms with Crippen molar-refractivity contribution in [3.63, 3.8) is 0 Å². The summed E-state index contributed by atoms with van der Waals surface area (Å²) in [5.74, 6) is 0. The molecular weight excluding hydrogens is 308 g/mol. The quantitative estimate of drug-likeness (QED) is 0.611. The van der Waals surface area contributed by atoms with Crippen molar-refractivity contribution in [2.45, 2.75) is 19.9 Å². The summed E-state index contributed by atoms with van der Waals surface area (Å²) in [5, 5.41) is 5.36. The van der Waals surface area contributed by atoms with Crippen molar-refractivity contribution in [1.29, 1.82) is 0 Å². The average Bonchev–Trinajstić information content (AvgIpc) is 2.41. The molecule has 0 bridgehead atoms. The monoisotopic (exact) mass is 336 g/mol. The van der Waals surface area contributed by atoms with Gasteiger partial charge in [0.1, 0.15) is 0 Å². The Morgan fingerprint density at radius 3 is 2.45 bits per heavy atom. The maximum Gasteiger partial charge on any atom is 0.315 e. The fraction of sp³-hybridized carbons (Fsp3) is 0.923. The van der Waals surface area contributed by atoms with Crippen molar-refractivity contribution in [2.75, 3.05) is 58.7 Å². The van der Waals surface area contributed by atoms with Gasteiger partial charge in [-0.1, -0.05) is 0 Å². The number of urea groups is 1. The molecule has 130 valence electrons. The molecule has 0 atom stereocenters. The van der Waals surface area contributed by atoms with Crippen LogP contribution in [0.2, 0.25) is 0 Å². The molecule has 0 saturated carbocycles. The summed E-state index contributed by atoms with van der Waals surface area (Å²) < 4.78 is 30.3. The molecule has 2 N–H and O–H groups in total. The van der Waals surface area contributed by atoms with Crippen LogP contribution < -0.4 is 10.6 Å². The van der Waals surface area contributed by atoms with E-state index >= 15 is 0 Å². The predicted octanol–water partition coefficient (Wildman–Crippen LogP) is -0.712. The second-order valence-corrected chi connectivity index (χ2v) is 7.65. The summed E-state index contributed by atoms with van der Waals surface area (Å²) in [6.07, 6.45) is 1.19. The zero-order valence-corrected chi connectivity index (χ0v) is 14.5. The molecule has 1 aliphatic heterocycles. The van der Waals surface area contributed by atoms with E-state index in [2.05, 4.69) is 15.5 Å². The lowest BCUT2D eigenvalue weighted by molar-refractivity contribution is 0.0363. The highest BCUT2D eigenvalue weighted by Crippen LogP contribution is 2.01. The molecule has 1 saturated heterocycles. The zero-order valence-electron chi connectivity index (χ0n) is 13.7. The summed E-state index contributed by atoms with van der Waals surface area (Å²) >= 11 is 0. The van der Waals surface area contributed by atoms with Crippen LogP contribution in [0.25, 0.3) is 0 Å². The SMILES string of the molecule is CC(C)NC(=O)NCCN(CCN1CCOCC1)S(C)(=O)=O. The van der Waals surface area contributed by atoms with Gasteiger partial charge in [-0.25, -0.2) is 13.2 Å². The first-order valence-corrected chi connectivity index (χ1v) is 9.43. The summed E-state index contributed by atoms with van der Waals surface area (Å²) in [4.78, 5) is 13.7. The lowest BCUT2D eigenvalue weighted by Crippen LogP contribution is -2.46. The number of hydrogen-bond donors (Lipinski definition) is 2. The van der Waals surface area contributed by atoms with Gasteiger partial charge in [-0.15, -0.1) is 0 Å². The number of carbonyl (C=O) groups is 1. The highest BCUT2D eigenvalue weighted by atomic mass is 32.2. The van der Waals surface area contributed by atoms with E-state index < -0.39 is 10.0 Å². The van der Waals surface area contributed by atoms with E-state index in [-0.39, 0.29) is 25.2 Å². The maximum atomic E-state index is 11.8. The lowest BCUT2D eigenvalue weighted by Gasteiger charge is -2.29. The standard InChI is InChI=1S/C13H28N4O4S/c1-12(2)15-13(18)14-4-5-17(22(3,19)20)7-6-16-8-10-21-11-9-16/h12H,4-11H2,1-3H3,(H2,14,15,18). The molecule has 1 fully saturated rings. The number of carbonyl (C=O) groups excluding carboxylic acids is 1. The van der Waals surface area contributed by atoms with E-state index in [0.717, 1.165) is 13.1 Å². The number of nitrogens with one attached hydrogen (secondary N) is 2. The molecule has 0 aliphatic carbocycles. The first-order valence-electron chi connectivity index (χ1n) is 7.58. The van der Waals surface area contributed by atoms with Gasteiger partial charge < -0.3 is 15.4 Å². The molecule has 0 unspecified atom stereocenters. The topological polar surface area (TPSA) is 91.0 Å². The van der Waals surface area contributed by atoms with Gasteiger partial charge in [0.15, 0.2) is 0 Å². The van der Waals surface area contributed by atoms with E-state index in [0.29, 0.717) is 26.3 Å². The minimum Gasteiger partial charge on any atom is -0.379 e. The third-order valence-electron chi connectivity index (χ3n) is 3.30. The Labute approximate surface area is 133 Å². The van der Waals surface area contributed by atoms with Crippen LogP contribution >= 0.6 is 0 Å². The lowest BCUT2D eigenvalue weighted by atomic mass is 10.4. The zero-order chi connectivity index (χ0) is 16.6. The maximum absolute atomic E-state index is 11.8. The van der Waals surface area contributed by atoms with Gasteiger partial charge in [-0.3, -0.25) is 4.90 Å².